The normalized spacial score (nSPS) is 24.9. The van der Waals surface area contributed by atoms with Gasteiger partial charge in [0.05, 0.1) is 28.7 Å². The van der Waals surface area contributed by atoms with Gasteiger partial charge in [-0.15, -0.1) is 13.2 Å². The van der Waals surface area contributed by atoms with Crippen LogP contribution in [0.1, 0.15) is 34.7 Å². The molecular formula is C28H21F3N2O3. The van der Waals surface area contributed by atoms with Gasteiger partial charge in [0, 0.05) is 5.41 Å². The lowest BCUT2D eigenvalue weighted by Gasteiger charge is -2.30. The molecule has 1 saturated heterocycles. The van der Waals surface area contributed by atoms with Crippen molar-refractivity contribution in [1.82, 2.24) is 0 Å². The van der Waals surface area contributed by atoms with E-state index < -0.39 is 28.9 Å². The van der Waals surface area contributed by atoms with Gasteiger partial charge < -0.3 is 4.74 Å². The minimum atomic E-state index is -4.84. The van der Waals surface area contributed by atoms with Crippen LogP contribution in [-0.4, -0.2) is 18.2 Å². The first-order chi connectivity index (χ1) is 16.9. The summed E-state index contributed by atoms with van der Waals surface area (Å²) in [6, 6.07) is 19.5. The summed E-state index contributed by atoms with van der Waals surface area (Å²) in [5.41, 5.74) is 1.64. The van der Waals surface area contributed by atoms with Crippen LogP contribution >= 0.6 is 0 Å². The number of halogens is 3. The Kier molecular flexibility index (Phi) is 5.04. The number of ether oxygens (including phenoxy) is 1. The standard InChI is InChI=1S/C28H21F3N2O3/c1-16-12-17(2)14-21(13-16)33-24(34)23-26(3,25(33)35)27(23,19-6-4-18(15-32)5-7-19)20-8-10-22(11-9-20)36-28(29,30)31/h4-14,23H,1-3H3/t23-,26-,27-/m1/s1. The van der Waals surface area contributed by atoms with Crippen LogP contribution in [0.3, 0.4) is 0 Å². The van der Waals surface area contributed by atoms with Gasteiger partial charge in [0.15, 0.2) is 0 Å². The highest BCUT2D eigenvalue weighted by atomic mass is 19.4. The maximum absolute atomic E-state index is 13.9. The number of carbonyl (C=O) groups excluding carboxylic acids is 2. The summed E-state index contributed by atoms with van der Waals surface area (Å²) >= 11 is 0. The Morgan fingerprint density at radius 1 is 0.917 bits per heavy atom. The molecule has 1 aliphatic carbocycles. The van der Waals surface area contributed by atoms with Gasteiger partial charge in [-0.1, -0.05) is 30.3 Å². The minimum absolute atomic E-state index is 0.368. The van der Waals surface area contributed by atoms with Crippen LogP contribution in [0.15, 0.2) is 66.7 Å². The predicted molar refractivity (Wildman–Crippen MR) is 125 cm³/mol. The number of benzene rings is 3. The number of fused-ring (bicyclic) bond motifs is 1. The lowest BCUT2D eigenvalue weighted by molar-refractivity contribution is -0.274. The first kappa shape index (κ1) is 23.6. The van der Waals surface area contributed by atoms with Crippen molar-refractivity contribution in [2.45, 2.75) is 32.5 Å². The second-order valence-corrected chi connectivity index (χ2v) is 9.53. The van der Waals surface area contributed by atoms with Gasteiger partial charge in [0.25, 0.3) is 0 Å². The number of imide groups is 1. The lowest BCUT2D eigenvalue weighted by Crippen LogP contribution is -2.42. The average molecular weight is 490 g/mol. The Bertz CT molecular complexity index is 1420. The Balaban J connectivity index is 1.63. The van der Waals surface area contributed by atoms with E-state index in [1.807, 2.05) is 26.0 Å². The molecule has 2 amide bonds. The zero-order chi connectivity index (χ0) is 26.0. The second-order valence-electron chi connectivity index (χ2n) is 9.53. The van der Waals surface area contributed by atoms with Crippen molar-refractivity contribution in [2.75, 3.05) is 4.90 Å². The number of aryl methyl sites for hydroxylation is 2. The fraction of sp³-hybridized carbons (Fsp3) is 0.250. The van der Waals surface area contributed by atoms with Gasteiger partial charge in [0.1, 0.15) is 5.75 Å². The molecule has 5 rings (SSSR count). The number of hydrogen-bond acceptors (Lipinski definition) is 4. The third-order valence-electron chi connectivity index (χ3n) is 7.34. The van der Waals surface area contributed by atoms with E-state index in [0.717, 1.165) is 11.1 Å². The highest BCUT2D eigenvalue weighted by Crippen LogP contribution is 2.76. The third kappa shape index (κ3) is 3.23. The number of anilines is 1. The van der Waals surface area contributed by atoms with Crippen LogP contribution in [-0.2, 0) is 15.0 Å². The number of piperidine rings is 1. The summed E-state index contributed by atoms with van der Waals surface area (Å²) in [5, 5.41) is 9.22. The van der Waals surface area contributed by atoms with Crippen molar-refractivity contribution < 1.29 is 27.5 Å². The number of rotatable bonds is 4. The van der Waals surface area contributed by atoms with Gasteiger partial charge >= 0.3 is 6.36 Å². The van der Waals surface area contributed by atoms with Crippen LogP contribution in [0, 0.1) is 36.5 Å². The van der Waals surface area contributed by atoms with E-state index in [1.165, 1.54) is 29.2 Å². The summed E-state index contributed by atoms with van der Waals surface area (Å²) in [5.74, 6) is -1.90. The summed E-state index contributed by atoms with van der Waals surface area (Å²) in [6.07, 6.45) is -4.84. The molecule has 8 heteroatoms. The maximum atomic E-state index is 13.9. The molecule has 5 nitrogen and oxygen atoms in total. The van der Waals surface area contributed by atoms with Crippen LogP contribution in [0.2, 0.25) is 0 Å². The molecule has 3 aromatic rings. The smallest absolute Gasteiger partial charge is 0.406 e. The van der Waals surface area contributed by atoms with Crippen molar-refractivity contribution >= 4 is 17.5 Å². The summed E-state index contributed by atoms with van der Waals surface area (Å²) in [6.45, 7) is 5.49. The molecule has 0 bridgehead atoms. The fourth-order valence-corrected chi connectivity index (χ4v) is 5.96. The van der Waals surface area contributed by atoms with Gasteiger partial charge in [-0.05, 0) is 79.4 Å². The molecule has 3 atom stereocenters. The molecular weight excluding hydrogens is 469 g/mol. The molecule has 0 aromatic heterocycles. The molecule has 36 heavy (non-hydrogen) atoms. The van der Waals surface area contributed by atoms with E-state index in [-0.39, 0.29) is 11.8 Å². The number of nitriles is 1. The van der Waals surface area contributed by atoms with Gasteiger partial charge in [-0.25, -0.2) is 4.90 Å². The first-order valence-electron chi connectivity index (χ1n) is 11.3. The molecule has 0 N–H and O–H groups in total. The molecule has 1 heterocycles. The van der Waals surface area contributed by atoms with Crippen molar-refractivity contribution in [1.29, 1.82) is 5.26 Å². The van der Waals surface area contributed by atoms with Gasteiger partial charge in [0.2, 0.25) is 11.8 Å². The van der Waals surface area contributed by atoms with Crippen molar-refractivity contribution in [2.24, 2.45) is 11.3 Å². The molecule has 2 fully saturated rings. The monoisotopic (exact) mass is 490 g/mol. The molecule has 0 spiro atoms. The van der Waals surface area contributed by atoms with E-state index in [0.29, 0.717) is 22.4 Å². The minimum Gasteiger partial charge on any atom is -0.406 e. The summed E-state index contributed by atoms with van der Waals surface area (Å²) < 4.78 is 42.1. The van der Waals surface area contributed by atoms with E-state index in [2.05, 4.69) is 4.74 Å². The van der Waals surface area contributed by atoms with Crippen molar-refractivity contribution in [3.8, 4) is 11.8 Å². The zero-order valence-corrected chi connectivity index (χ0v) is 19.7. The Hall–Kier alpha value is -4.12. The molecule has 1 saturated carbocycles. The van der Waals surface area contributed by atoms with Crippen molar-refractivity contribution in [3.05, 3.63) is 94.5 Å². The molecule has 182 valence electrons. The van der Waals surface area contributed by atoms with Crippen LogP contribution in [0.25, 0.3) is 0 Å². The Labute approximate surface area is 205 Å². The van der Waals surface area contributed by atoms with Crippen LogP contribution in [0.5, 0.6) is 5.75 Å². The number of amides is 2. The topological polar surface area (TPSA) is 70.4 Å². The zero-order valence-electron chi connectivity index (χ0n) is 19.7. The van der Waals surface area contributed by atoms with E-state index in [9.17, 15) is 28.0 Å². The number of alkyl halides is 3. The average Bonchev–Trinajstić information content (AvgIpc) is 3.32. The molecule has 0 unspecified atom stereocenters. The van der Waals surface area contributed by atoms with Crippen molar-refractivity contribution in [3.63, 3.8) is 0 Å². The molecule has 0 radical (unpaired) electrons. The van der Waals surface area contributed by atoms with E-state index in [1.54, 1.807) is 43.3 Å². The maximum Gasteiger partial charge on any atom is 0.573 e. The SMILES string of the molecule is Cc1cc(C)cc(N2C(=O)[C@H]3[C@@](c4ccc(C#N)cc4)(c4ccc(OC(F)(F)F)cc4)[C@@]3(C)C2=O)c1. The van der Waals surface area contributed by atoms with Crippen LogP contribution in [0.4, 0.5) is 18.9 Å². The second kappa shape index (κ2) is 7.69. The quantitative estimate of drug-likeness (QED) is 0.449. The predicted octanol–water partition coefficient (Wildman–Crippen LogP) is 5.57. The van der Waals surface area contributed by atoms with Gasteiger partial charge in [-0.2, -0.15) is 5.26 Å². The highest BCUT2D eigenvalue weighted by molar-refractivity contribution is 6.29. The Morgan fingerprint density at radius 3 is 1.89 bits per heavy atom. The Morgan fingerprint density at radius 2 is 1.44 bits per heavy atom. The summed E-state index contributed by atoms with van der Waals surface area (Å²) in [7, 11) is 0. The number of nitrogens with zero attached hydrogens (tertiary/aromatic N) is 2. The fourth-order valence-electron chi connectivity index (χ4n) is 5.96. The highest BCUT2D eigenvalue weighted by Gasteiger charge is 2.86. The van der Waals surface area contributed by atoms with E-state index in [4.69, 9.17) is 0 Å². The first-order valence-corrected chi connectivity index (χ1v) is 11.3. The molecule has 3 aromatic carbocycles. The number of carbonyl (C=O) groups is 2. The van der Waals surface area contributed by atoms with Crippen LogP contribution < -0.4 is 9.64 Å². The van der Waals surface area contributed by atoms with E-state index >= 15 is 0 Å². The largest absolute Gasteiger partial charge is 0.573 e. The summed E-state index contributed by atoms with van der Waals surface area (Å²) in [4.78, 5) is 28.9. The molecule has 2 aliphatic rings. The third-order valence-corrected chi connectivity index (χ3v) is 7.34. The van der Waals surface area contributed by atoms with Gasteiger partial charge in [-0.3, -0.25) is 9.59 Å². The molecule has 1 aliphatic heterocycles. The number of hydrogen-bond donors (Lipinski definition) is 0. The lowest BCUT2D eigenvalue weighted by atomic mass is 9.78.